The van der Waals surface area contributed by atoms with Crippen molar-refractivity contribution in [3.8, 4) is 0 Å². The lowest BCUT2D eigenvalue weighted by molar-refractivity contribution is -0.137. The number of aliphatic carboxylic acids is 1. The van der Waals surface area contributed by atoms with E-state index in [4.69, 9.17) is 9.66 Å². The fraction of sp³-hybridized carbons (Fsp3) is 0.947. The molecule has 6 nitrogen and oxygen atoms in total. The summed E-state index contributed by atoms with van der Waals surface area (Å²) in [6.07, 6.45) is 15.1. The van der Waals surface area contributed by atoms with Gasteiger partial charge in [-0.1, -0.05) is 77.6 Å². The Bertz CT molecular complexity index is 435. The molecule has 0 saturated carbocycles. The van der Waals surface area contributed by atoms with E-state index in [2.05, 4.69) is 11.1 Å². The predicted molar refractivity (Wildman–Crippen MR) is 104 cm³/mol. The van der Waals surface area contributed by atoms with Crippen molar-refractivity contribution in [3.63, 3.8) is 0 Å². The lowest BCUT2D eigenvalue weighted by Crippen LogP contribution is -2.14. The fourth-order valence-electron chi connectivity index (χ4n) is 3.12. The first-order valence-electron chi connectivity index (χ1n) is 10.2. The Kier molecular flexibility index (Phi) is 16.1. The average molecular weight is 395 g/mol. The zero-order valence-electron chi connectivity index (χ0n) is 16.3. The molecule has 0 aromatic rings. The highest BCUT2D eigenvalue weighted by atomic mass is 32.3. The molecule has 0 aliphatic heterocycles. The second kappa shape index (κ2) is 16.5. The average Bonchev–Trinajstić information content (AvgIpc) is 2.56. The van der Waals surface area contributed by atoms with Crippen LogP contribution in [0.4, 0.5) is 0 Å². The molecule has 156 valence electrons. The first-order valence-corrected chi connectivity index (χ1v) is 11.5. The van der Waals surface area contributed by atoms with Crippen LogP contribution in [0.1, 0.15) is 103 Å². The molecule has 0 heterocycles. The first kappa shape index (κ1) is 25.3. The van der Waals surface area contributed by atoms with Gasteiger partial charge in [-0.15, -0.1) is 0 Å². The van der Waals surface area contributed by atoms with E-state index in [0.717, 1.165) is 51.4 Å². The van der Waals surface area contributed by atoms with E-state index < -0.39 is 16.4 Å². The Labute approximate surface area is 159 Å². The SMILES string of the molecule is CCCCCCCCCC(CCCCCCCC(=O)O)COS(=O)(=O)O. The van der Waals surface area contributed by atoms with Crippen LogP contribution in [0.15, 0.2) is 0 Å². The van der Waals surface area contributed by atoms with Crippen molar-refractivity contribution in [2.24, 2.45) is 5.92 Å². The van der Waals surface area contributed by atoms with Crippen LogP contribution in [-0.2, 0) is 19.4 Å². The number of carbonyl (C=O) groups is 1. The van der Waals surface area contributed by atoms with Gasteiger partial charge in [-0.05, 0) is 25.2 Å². The smallest absolute Gasteiger partial charge is 0.397 e. The predicted octanol–water partition coefficient (Wildman–Crippen LogP) is 5.38. The Hall–Kier alpha value is -0.660. The molecular weight excluding hydrogens is 356 g/mol. The maximum atomic E-state index is 10.8. The third-order valence-corrected chi connectivity index (χ3v) is 5.11. The minimum Gasteiger partial charge on any atom is -0.481 e. The van der Waals surface area contributed by atoms with Gasteiger partial charge >= 0.3 is 16.4 Å². The molecule has 1 unspecified atom stereocenters. The van der Waals surface area contributed by atoms with Crippen LogP contribution < -0.4 is 0 Å². The number of carboxylic acids is 1. The number of rotatable bonds is 19. The molecule has 0 bridgehead atoms. The fourth-order valence-corrected chi connectivity index (χ4v) is 3.49. The summed E-state index contributed by atoms with van der Waals surface area (Å²) in [4.78, 5) is 10.4. The number of carboxylic acid groups (broad SMARTS) is 1. The lowest BCUT2D eigenvalue weighted by Gasteiger charge is -2.16. The summed E-state index contributed by atoms with van der Waals surface area (Å²) < 4.78 is 35.0. The maximum Gasteiger partial charge on any atom is 0.397 e. The van der Waals surface area contributed by atoms with Gasteiger partial charge in [-0.3, -0.25) is 9.35 Å². The summed E-state index contributed by atoms with van der Waals surface area (Å²) >= 11 is 0. The minimum absolute atomic E-state index is 0.0493. The van der Waals surface area contributed by atoms with E-state index in [1.807, 2.05) is 0 Å². The van der Waals surface area contributed by atoms with Crippen molar-refractivity contribution in [3.05, 3.63) is 0 Å². The molecule has 0 fully saturated rings. The summed E-state index contributed by atoms with van der Waals surface area (Å²) in [6.45, 7) is 2.25. The van der Waals surface area contributed by atoms with Gasteiger partial charge in [0, 0.05) is 6.42 Å². The Balaban J connectivity index is 3.90. The van der Waals surface area contributed by atoms with E-state index in [9.17, 15) is 13.2 Å². The number of hydrogen-bond donors (Lipinski definition) is 2. The molecule has 0 amide bonds. The molecule has 1 atom stereocenters. The highest BCUT2D eigenvalue weighted by Crippen LogP contribution is 2.20. The van der Waals surface area contributed by atoms with Gasteiger partial charge in [0.1, 0.15) is 0 Å². The van der Waals surface area contributed by atoms with Crippen LogP contribution in [0.25, 0.3) is 0 Å². The van der Waals surface area contributed by atoms with Gasteiger partial charge in [0.05, 0.1) is 6.61 Å². The molecule has 0 aromatic heterocycles. The minimum atomic E-state index is -4.37. The van der Waals surface area contributed by atoms with Gasteiger partial charge in [0.2, 0.25) is 0 Å². The molecule has 2 N–H and O–H groups in total. The van der Waals surface area contributed by atoms with Crippen molar-refractivity contribution in [1.82, 2.24) is 0 Å². The van der Waals surface area contributed by atoms with Crippen LogP contribution >= 0.6 is 0 Å². The largest absolute Gasteiger partial charge is 0.481 e. The second-order valence-corrected chi connectivity index (χ2v) is 8.28. The molecule has 0 aliphatic rings. The van der Waals surface area contributed by atoms with Crippen LogP contribution in [0.2, 0.25) is 0 Å². The molecule has 0 aliphatic carbocycles. The van der Waals surface area contributed by atoms with Crippen LogP contribution in [0.5, 0.6) is 0 Å². The van der Waals surface area contributed by atoms with E-state index in [1.165, 1.54) is 32.1 Å². The van der Waals surface area contributed by atoms with Crippen LogP contribution in [0, 0.1) is 5.92 Å². The van der Waals surface area contributed by atoms with E-state index in [-0.39, 0.29) is 18.9 Å². The monoisotopic (exact) mass is 394 g/mol. The second-order valence-electron chi connectivity index (χ2n) is 7.19. The first-order chi connectivity index (χ1) is 12.3. The normalized spacial score (nSPS) is 13.0. The summed E-state index contributed by atoms with van der Waals surface area (Å²) in [5, 5.41) is 8.59. The summed E-state index contributed by atoms with van der Waals surface area (Å²) in [7, 11) is -4.37. The van der Waals surface area contributed by atoms with Crippen molar-refractivity contribution >= 4 is 16.4 Å². The van der Waals surface area contributed by atoms with Crippen LogP contribution in [-0.4, -0.2) is 30.7 Å². The Morgan fingerprint density at radius 3 is 1.77 bits per heavy atom. The molecule has 7 heteroatoms. The van der Waals surface area contributed by atoms with E-state index in [1.54, 1.807) is 0 Å². The van der Waals surface area contributed by atoms with Gasteiger partial charge in [-0.25, -0.2) is 4.18 Å². The van der Waals surface area contributed by atoms with Crippen molar-refractivity contribution < 1.29 is 27.1 Å². The highest BCUT2D eigenvalue weighted by Gasteiger charge is 2.13. The molecule has 0 radical (unpaired) electrons. The molecule has 0 aromatic carbocycles. The zero-order chi connectivity index (χ0) is 19.7. The van der Waals surface area contributed by atoms with Crippen molar-refractivity contribution in [2.75, 3.05) is 6.61 Å². The Morgan fingerprint density at radius 1 is 0.846 bits per heavy atom. The highest BCUT2D eigenvalue weighted by molar-refractivity contribution is 7.80. The molecule has 0 rings (SSSR count). The molecule has 0 saturated heterocycles. The molecular formula is C19H38O6S. The number of unbranched alkanes of at least 4 members (excludes halogenated alkanes) is 10. The third-order valence-electron chi connectivity index (χ3n) is 4.67. The van der Waals surface area contributed by atoms with Gasteiger partial charge in [0.15, 0.2) is 0 Å². The summed E-state index contributed by atoms with van der Waals surface area (Å²) in [5.41, 5.74) is 0. The Morgan fingerprint density at radius 2 is 1.31 bits per heavy atom. The van der Waals surface area contributed by atoms with Crippen LogP contribution in [0.3, 0.4) is 0 Å². The topological polar surface area (TPSA) is 101 Å². The quantitative estimate of drug-likeness (QED) is 0.225. The van der Waals surface area contributed by atoms with Gasteiger partial charge < -0.3 is 5.11 Å². The van der Waals surface area contributed by atoms with Gasteiger partial charge in [0.25, 0.3) is 0 Å². The summed E-state index contributed by atoms with van der Waals surface area (Å²) in [5.74, 6) is -0.603. The lowest BCUT2D eigenvalue weighted by atomic mass is 9.95. The van der Waals surface area contributed by atoms with E-state index >= 15 is 0 Å². The number of hydrogen-bond acceptors (Lipinski definition) is 4. The third kappa shape index (κ3) is 19.7. The molecule has 0 spiro atoms. The van der Waals surface area contributed by atoms with E-state index in [0.29, 0.717) is 6.42 Å². The van der Waals surface area contributed by atoms with Crippen molar-refractivity contribution in [2.45, 2.75) is 103 Å². The summed E-state index contributed by atoms with van der Waals surface area (Å²) in [6, 6.07) is 0. The zero-order valence-corrected chi connectivity index (χ0v) is 17.1. The maximum absolute atomic E-state index is 10.8. The standard InChI is InChI=1S/C19H38O6S/c1-2-3-4-5-6-8-11-14-18(17-25-26(22,23)24)15-12-9-7-10-13-16-19(20)21/h18H,2-17H2,1H3,(H,20,21)(H,22,23,24). The van der Waals surface area contributed by atoms with Gasteiger partial charge in [-0.2, -0.15) is 8.42 Å². The molecule has 26 heavy (non-hydrogen) atoms. The van der Waals surface area contributed by atoms with Crippen molar-refractivity contribution in [1.29, 1.82) is 0 Å².